The van der Waals surface area contributed by atoms with E-state index in [0.29, 0.717) is 6.61 Å². The summed E-state index contributed by atoms with van der Waals surface area (Å²) in [6.45, 7) is 2.08. The van der Waals surface area contributed by atoms with Gasteiger partial charge < -0.3 is 0 Å². The average molecular weight is 220 g/mol. The third-order valence-corrected chi connectivity index (χ3v) is 2.08. The summed E-state index contributed by atoms with van der Waals surface area (Å²) in [6, 6.07) is 3.68. The van der Waals surface area contributed by atoms with Crippen molar-refractivity contribution in [3.63, 3.8) is 0 Å². The average Bonchev–Trinajstić information content (AvgIpc) is 2.97. The van der Waals surface area contributed by atoms with Gasteiger partial charge in [0.25, 0.3) is 0 Å². The minimum absolute atomic E-state index is 0.222. The lowest BCUT2D eigenvalue weighted by Crippen LogP contribution is -2.27. The molecule has 0 bridgehead atoms. The third kappa shape index (κ3) is 3.09. The quantitative estimate of drug-likeness (QED) is 0.757. The maximum atomic E-state index is 11.3. The Labute approximate surface area is 92.7 Å². The molecular weight excluding hydrogens is 208 g/mol. The number of hydrogen-bond donors (Lipinski definition) is 1. The molecule has 0 unspecified atom stereocenters. The van der Waals surface area contributed by atoms with Crippen LogP contribution < -0.4 is 5.48 Å². The zero-order chi connectivity index (χ0) is 11.4. The molecule has 0 radical (unpaired) electrons. The van der Waals surface area contributed by atoms with E-state index in [9.17, 15) is 4.79 Å². The Morgan fingerprint density at radius 1 is 1.56 bits per heavy atom. The van der Waals surface area contributed by atoms with E-state index in [4.69, 9.17) is 4.84 Å². The second-order valence-corrected chi connectivity index (χ2v) is 3.77. The number of carbonyl (C=O) groups is 1. The molecule has 6 heteroatoms. The second kappa shape index (κ2) is 4.36. The van der Waals surface area contributed by atoms with Gasteiger partial charge in [0.05, 0.1) is 6.42 Å². The van der Waals surface area contributed by atoms with Crippen molar-refractivity contribution in [3.05, 3.63) is 30.1 Å². The van der Waals surface area contributed by atoms with Crippen LogP contribution in [-0.2, 0) is 16.2 Å². The third-order valence-electron chi connectivity index (χ3n) is 2.08. The summed E-state index contributed by atoms with van der Waals surface area (Å²) in [5, 5.41) is 7.48. The highest BCUT2D eigenvalue weighted by Crippen LogP contribution is 2.30. The minimum Gasteiger partial charge on any atom is -0.273 e. The van der Waals surface area contributed by atoms with Crippen molar-refractivity contribution in [2.45, 2.75) is 25.6 Å². The van der Waals surface area contributed by atoms with Crippen LogP contribution >= 0.6 is 0 Å². The molecule has 16 heavy (non-hydrogen) atoms. The minimum atomic E-state index is -0.526. The first-order valence-electron chi connectivity index (χ1n) is 4.92. The number of hydroxylamine groups is 1. The van der Waals surface area contributed by atoms with Crippen molar-refractivity contribution in [3.8, 4) is 0 Å². The summed E-state index contributed by atoms with van der Waals surface area (Å²) in [5.41, 5.74) is 2.71. The number of aromatic nitrogens is 1. The van der Waals surface area contributed by atoms with Gasteiger partial charge in [-0.2, -0.15) is 10.2 Å². The lowest BCUT2D eigenvalue weighted by Gasteiger charge is -2.06. The smallest absolute Gasteiger partial charge is 0.248 e. The Balaban J connectivity index is 1.66. The number of amides is 1. The first-order valence-corrected chi connectivity index (χ1v) is 4.92. The number of carbonyl (C=O) groups excluding carboxylic acids is 1. The Bertz CT molecular complexity index is 399. The molecule has 1 aliphatic heterocycles. The van der Waals surface area contributed by atoms with E-state index in [2.05, 4.69) is 20.7 Å². The number of pyridine rings is 1. The van der Waals surface area contributed by atoms with Gasteiger partial charge in [0.15, 0.2) is 5.66 Å². The molecule has 2 rings (SSSR count). The highest BCUT2D eigenvalue weighted by molar-refractivity contribution is 5.76. The molecule has 1 aromatic rings. The fraction of sp³-hybridized carbons (Fsp3) is 0.400. The molecule has 1 amide bonds. The van der Waals surface area contributed by atoms with E-state index >= 15 is 0 Å². The molecule has 2 heterocycles. The standard InChI is InChI=1S/C10H12N4O2/c1-10(13-14-10)5-9(15)12-16-7-8-3-2-4-11-6-8/h2-4,6H,5,7H2,1H3,(H,12,15). The van der Waals surface area contributed by atoms with Gasteiger partial charge in [-0.05, 0) is 18.6 Å². The van der Waals surface area contributed by atoms with Gasteiger partial charge in [-0.3, -0.25) is 14.6 Å². The van der Waals surface area contributed by atoms with E-state index in [1.54, 1.807) is 19.3 Å². The Hall–Kier alpha value is -1.82. The molecule has 6 nitrogen and oxygen atoms in total. The summed E-state index contributed by atoms with van der Waals surface area (Å²) in [6.07, 6.45) is 3.58. The predicted octanol–water partition coefficient (Wildman–Crippen LogP) is 1.20. The Morgan fingerprint density at radius 2 is 2.38 bits per heavy atom. The summed E-state index contributed by atoms with van der Waals surface area (Å²) in [7, 11) is 0. The van der Waals surface area contributed by atoms with E-state index in [-0.39, 0.29) is 12.3 Å². The molecule has 0 aromatic carbocycles. The normalized spacial score (nSPS) is 15.8. The number of rotatable bonds is 5. The highest BCUT2D eigenvalue weighted by Gasteiger charge is 2.36. The van der Waals surface area contributed by atoms with Gasteiger partial charge in [0.2, 0.25) is 5.91 Å². The molecule has 84 valence electrons. The molecule has 1 N–H and O–H groups in total. The predicted molar refractivity (Wildman–Crippen MR) is 55.0 cm³/mol. The van der Waals surface area contributed by atoms with Crippen LogP contribution in [0.3, 0.4) is 0 Å². The van der Waals surface area contributed by atoms with Crippen LogP contribution in [0.25, 0.3) is 0 Å². The molecule has 0 atom stereocenters. The monoisotopic (exact) mass is 220 g/mol. The number of nitrogens with zero attached hydrogens (tertiary/aromatic N) is 3. The number of hydrogen-bond acceptors (Lipinski definition) is 5. The van der Waals surface area contributed by atoms with Crippen molar-refractivity contribution in [1.29, 1.82) is 0 Å². The first kappa shape index (κ1) is 10.7. The zero-order valence-corrected chi connectivity index (χ0v) is 8.88. The molecule has 0 spiro atoms. The fourth-order valence-electron chi connectivity index (χ4n) is 1.18. The largest absolute Gasteiger partial charge is 0.273 e. The van der Waals surface area contributed by atoms with Gasteiger partial charge in [-0.25, -0.2) is 5.48 Å². The van der Waals surface area contributed by atoms with Gasteiger partial charge in [0, 0.05) is 12.4 Å². The maximum absolute atomic E-state index is 11.3. The van der Waals surface area contributed by atoms with Gasteiger partial charge >= 0.3 is 0 Å². The van der Waals surface area contributed by atoms with Crippen LogP contribution in [-0.4, -0.2) is 16.6 Å². The highest BCUT2D eigenvalue weighted by atomic mass is 16.6. The first-order chi connectivity index (χ1) is 7.68. The van der Waals surface area contributed by atoms with Crippen molar-refractivity contribution < 1.29 is 9.63 Å². The number of nitrogens with one attached hydrogen (secondary N) is 1. The van der Waals surface area contributed by atoms with Crippen molar-refractivity contribution in [1.82, 2.24) is 10.5 Å². The van der Waals surface area contributed by atoms with E-state index in [1.807, 2.05) is 12.1 Å². The lowest BCUT2D eigenvalue weighted by atomic mass is 10.2. The molecule has 1 aromatic heterocycles. The lowest BCUT2D eigenvalue weighted by molar-refractivity contribution is -0.135. The summed E-state index contributed by atoms with van der Waals surface area (Å²) >= 11 is 0. The molecule has 0 fully saturated rings. The summed E-state index contributed by atoms with van der Waals surface area (Å²) in [5.74, 6) is -0.226. The SMILES string of the molecule is CC1(CC(=O)NOCc2cccnc2)N=N1. The summed E-state index contributed by atoms with van der Waals surface area (Å²) < 4.78 is 0. The second-order valence-electron chi connectivity index (χ2n) is 3.77. The summed E-state index contributed by atoms with van der Waals surface area (Å²) in [4.78, 5) is 20.3. The molecule has 0 aliphatic carbocycles. The van der Waals surface area contributed by atoms with Crippen LogP contribution in [0.15, 0.2) is 34.8 Å². The van der Waals surface area contributed by atoms with Gasteiger partial charge in [0.1, 0.15) is 6.61 Å². The van der Waals surface area contributed by atoms with Crippen LogP contribution in [0.1, 0.15) is 18.9 Å². The van der Waals surface area contributed by atoms with Crippen molar-refractivity contribution >= 4 is 5.91 Å². The van der Waals surface area contributed by atoms with Gasteiger partial charge in [-0.1, -0.05) is 6.07 Å². The van der Waals surface area contributed by atoms with Crippen LogP contribution in [0, 0.1) is 0 Å². The molecular formula is C10H12N4O2. The van der Waals surface area contributed by atoms with Crippen LogP contribution in [0.4, 0.5) is 0 Å². The van der Waals surface area contributed by atoms with E-state index < -0.39 is 5.66 Å². The zero-order valence-electron chi connectivity index (χ0n) is 8.88. The Kier molecular flexibility index (Phi) is 2.91. The molecule has 0 saturated heterocycles. The topological polar surface area (TPSA) is 75.9 Å². The van der Waals surface area contributed by atoms with E-state index in [1.165, 1.54) is 0 Å². The molecule has 1 aliphatic rings. The van der Waals surface area contributed by atoms with E-state index in [0.717, 1.165) is 5.56 Å². The van der Waals surface area contributed by atoms with Crippen LogP contribution in [0.2, 0.25) is 0 Å². The van der Waals surface area contributed by atoms with Crippen LogP contribution in [0.5, 0.6) is 0 Å². The fourth-order valence-corrected chi connectivity index (χ4v) is 1.18. The molecule has 0 saturated carbocycles. The van der Waals surface area contributed by atoms with Gasteiger partial charge in [-0.15, -0.1) is 0 Å². The van der Waals surface area contributed by atoms with Crippen molar-refractivity contribution in [2.24, 2.45) is 10.2 Å². The maximum Gasteiger partial charge on any atom is 0.248 e. The van der Waals surface area contributed by atoms with Crippen molar-refractivity contribution in [2.75, 3.05) is 0 Å². The Morgan fingerprint density at radius 3 is 3.00 bits per heavy atom.